The van der Waals surface area contributed by atoms with Crippen molar-refractivity contribution in [2.45, 2.75) is 110 Å². The molecule has 0 fully saturated rings. The van der Waals surface area contributed by atoms with Crippen LogP contribution in [0, 0.1) is 0 Å². The average Bonchev–Trinajstić information content (AvgIpc) is 2.85. The van der Waals surface area contributed by atoms with E-state index in [4.69, 9.17) is 0 Å². The molecule has 2 aromatic carbocycles. The molecule has 0 aliphatic carbocycles. The SMILES string of the molecule is CC(C)(c1ccc(O)cc1)c1ccc(O)cc1.CCCCCCCCCCCCCCCOP([O-])[O-]. The van der Waals surface area contributed by atoms with Gasteiger partial charge in [0.25, 0.3) is 0 Å². The van der Waals surface area contributed by atoms with Crippen LogP contribution in [0.1, 0.15) is 115 Å². The van der Waals surface area contributed by atoms with Crippen LogP contribution in [-0.2, 0) is 9.94 Å². The first-order chi connectivity index (χ1) is 17.3. The van der Waals surface area contributed by atoms with Crippen molar-refractivity contribution in [1.29, 1.82) is 0 Å². The summed E-state index contributed by atoms with van der Waals surface area (Å²) in [6.07, 6.45) is 16.8. The normalized spacial score (nSPS) is 11.4. The zero-order valence-electron chi connectivity index (χ0n) is 22.6. The third-order valence-corrected chi connectivity index (χ3v) is 7.02. The Morgan fingerprint density at radius 3 is 1.28 bits per heavy atom. The van der Waals surface area contributed by atoms with Gasteiger partial charge in [-0.3, -0.25) is 0 Å². The molecule has 2 rings (SSSR count). The number of hydrogen-bond donors (Lipinski definition) is 2. The molecule has 0 unspecified atom stereocenters. The molecule has 2 aromatic rings. The highest BCUT2D eigenvalue weighted by molar-refractivity contribution is 7.36. The lowest BCUT2D eigenvalue weighted by atomic mass is 9.78. The second-order valence-corrected chi connectivity index (χ2v) is 10.7. The van der Waals surface area contributed by atoms with Gasteiger partial charge in [0.1, 0.15) is 11.5 Å². The van der Waals surface area contributed by atoms with Gasteiger partial charge in [-0.15, -0.1) is 0 Å². The molecule has 6 heteroatoms. The van der Waals surface area contributed by atoms with Gasteiger partial charge < -0.3 is 24.5 Å². The second kappa shape index (κ2) is 19.5. The zero-order valence-corrected chi connectivity index (χ0v) is 23.5. The monoisotopic (exact) mass is 518 g/mol. The lowest BCUT2D eigenvalue weighted by Gasteiger charge is -2.28. The number of benzene rings is 2. The van der Waals surface area contributed by atoms with Crippen LogP contribution < -0.4 is 9.79 Å². The first-order valence-corrected chi connectivity index (χ1v) is 14.7. The van der Waals surface area contributed by atoms with E-state index in [1.54, 1.807) is 24.3 Å². The molecule has 0 aliphatic heterocycles. The van der Waals surface area contributed by atoms with E-state index in [0.717, 1.165) is 24.0 Å². The van der Waals surface area contributed by atoms with Gasteiger partial charge in [-0.2, -0.15) is 8.60 Å². The maximum atomic E-state index is 10.1. The number of phenols is 2. The predicted octanol–water partition coefficient (Wildman–Crippen LogP) is 7.47. The first kappa shape index (κ1) is 32.4. The minimum atomic E-state index is -2.64. The number of rotatable bonds is 17. The highest BCUT2D eigenvalue weighted by Crippen LogP contribution is 2.32. The Morgan fingerprint density at radius 2 is 0.944 bits per heavy atom. The number of unbranched alkanes of at least 4 members (excludes halogenated alkanes) is 12. The van der Waals surface area contributed by atoms with Crippen molar-refractivity contribution in [1.82, 2.24) is 0 Å². The number of phenolic OH excluding ortho intramolecular Hbond substituents is 2. The molecule has 0 aliphatic rings. The minimum Gasteiger partial charge on any atom is -0.820 e. The molecule has 2 N–H and O–H groups in total. The van der Waals surface area contributed by atoms with Crippen LogP contribution in [0.2, 0.25) is 0 Å². The molecular weight excluding hydrogens is 471 g/mol. The summed E-state index contributed by atoms with van der Waals surface area (Å²) in [6.45, 7) is 6.85. The van der Waals surface area contributed by atoms with Crippen LogP contribution in [0.4, 0.5) is 0 Å². The molecule has 36 heavy (non-hydrogen) atoms. The third kappa shape index (κ3) is 14.8. The molecule has 0 aromatic heterocycles. The molecule has 0 atom stereocenters. The third-order valence-electron chi connectivity index (χ3n) is 6.62. The summed E-state index contributed by atoms with van der Waals surface area (Å²) >= 11 is 0. The van der Waals surface area contributed by atoms with E-state index in [0.29, 0.717) is 6.61 Å². The molecular formula is C30H47O5P-2. The Kier molecular flexibility index (Phi) is 17.5. The van der Waals surface area contributed by atoms with Gasteiger partial charge in [0.15, 0.2) is 0 Å². The van der Waals surface area contributed by atoms with Gasteiger partial charge in [0.2, 0.25) is 0 Å². The fourth-order valence-corrected chi connectivity index (χ4v) is 4.46. The molecule has 0 heterocycles. The average molecular weight is 519 g/mol. The maximum Gasteiger partial charge on any atom is 0.115 e. The Balaban J connectivity index is 0.000000361. The van der Waals surface area contributed by atoms with Crippen LogP contribution in [0.3, 0.4) is 0 Å². The van der Waals surface area contributed by atoms with Crippen molar-refractivity contribution in [3.05, 3.63) is 59.7 Å². The van der Waals surface area contributed by atoms with Crippen LogP contribution in [-0.4, -0.2) is 16.8 Å². The van der Waals surface area contributed by atoms with Crippen molar-refractivity contribution in [2.75, 3.05) is 6.61 Å². The Morgan fingerprint density at radius 1 is 0.611 bits per heavy atom. The summed E-state index contributed by atoms with van der Waals surface area (Å²) in [7, 11) is -2.64. The summed E-state index contributed by atoms with van der Waals surface area (Å²) in [6, 6.07) is 14.4. The van der Waals surface area contributed by atoms with E-state index in [1.165, 1.54) is 70.6 Å². The summed E-state index contributed by atoms with van der Waals surface area (Å²) in [5, 5.41) is 18.6. The van der Waals surface area contributed by atoms with Crippen molar-refractivity contribution in [2.24, 2.45) is 0 Å². The van der Waals surface area contributed by atoms with E-state index < -0.39 is 8.60 Å². The second-order valence-electron chi connectivity index (χ2n) is 10.0. The topological polar surface area (TPSA) is 95.8 Å². The molecule has 0 bridgehead atoms. The summed E-state index contributed by atoms with van der Waals surface area (Å²) in [4.78, 5) is 20.3. The van der Waals surface area contributed by atoms with Gasteiger partial charge in [0, 0.05) is 12.0 Å². The lowest BCUT2D eigenvalue weighted by Crippen LogP contribution is -2.18. The maximum absolute atomic E-state index is 10.1. The van der Waals surface area contributed by atoms with Crippen LogP contribution in [0.5, 0.6) is 11.5 Å². The molecule has 0 amide bonds. The van der Waals surface area contributed by atoms with Gasteiger partial charge in [0.05, 0.1) is 0 Å². The molecule has 0 radical (unpaired) electrons. The van der Waals surface area contributed by atoms with Crippen LogP contribution >= 0.6 is 8.60 Å². The molecule has 5 nitrogen and oxygen atoms in total. The first-order valence-electron chi connectivity index (χ1n) is 13.6. The standard InChI is InChI=1S/C15H31O3P.C15H16O2/c1-2-3-4-5-6-7-8-9-10-11-12-13-14-15-18-19(16)17;1-15(2,11-3-7-13(16)8-4-11)12-5-9-14(17)10-6-12/h2-15H2,1H3;3-10,16-17H,1-2H3/q-2;. The van der Waals surface area contributed by atoms with E-state index in [2.05, 4.69) is 25.3 Å². The summed E-state index contributed by atoms with van der Waals surface area (Å²) in [5.74, 6) is 0.547. The van der Waals surface area contributed by atoms with Gasteiger partial charge in [-0.1, -0.05) is 122 Å². The highest BCUT2D eigenvalue weighted by atomic mass is 31.2. The summed E-state index contributed by atoms with van der Waals surface area (Å²) in [5.41, 5.74) is 2.10. The van der Waals surface area contributed by atoms with E-state index in [1.807, 2.05) is 24.3 Å². The largest absolute Gasteiger partial charge is 0.820 e. The summed E-state index contributed by atoms with van der Waals surface area (Å²) < 4.78 is 4.50. The number of aromatic hydroxyl groups is 2. The lowest BCUT2D eigenvalue weighted by molar-refractivity contribution is -0.318. The van der Waals surface area contributed by atoms with Crippen molar-refractivity contribution >= 4 is 8.60 Å². The molecule has 0 saturated carbocycles. The fourth-order valence-electron chi connectivity index (χ4n) is 4.18. The van der Waals surface area contributed by atoms with Gasteiger partial charge in [-0.05, 0) is 41.8 Å². The van der Waals surface area contributed by atoms with E-state index in [9.17, 15) is 20.0 Å². The Labute approximate surface area is 220 Å². The molecule has 204 valence electrons. The van der Waals surface area contributed by atoms with Crippen molar-refractivity contribution in [3.8, 4) is 11.5 Å². The fraction of sp³-hybridized carbons (Fsp3) is 0.600. The van der Waals surface area contributed by atoms with Gasteiger partial charge in [-0.25, -0.2) is 0 Å². The highest BCUT2D eigenvalue weighted by Gasteiger charge is 2.22. The number of hydrogen-bond acceptors (Lipinski definition) is 5. The molecule has 0 saturated heterocycles. The van der Waals surface area contributed by atoms with E-state index >= 15 is 0 Å². The van der Waals surface area contributed by atoms with Gasteiger partial charge >= 0.3 is 0 Å². The van der Waals surface area contributed by atoms with Crippen LogP contribution in [0.25, 0.3) is 0 Å². The van der Waals surface area contributed by atoms with Crippen molar-refractivity contribution in [3.63, 3.8) is 0 Å². The minimum absolute atomic E-state index is 0.151. The smallest absolute Gasteiger partial charge is 0.115 e. The quantitative estimate of drug-likeness (QED) is 0.167. The Hall–Kier alpha value is -1.65. The zero-order chi connectivity index (χ0) is 26.7. The van der Waals surface area contributed by atoms with Crippen molar-refractivity contribution < 1.29 is 24.5 Å². The molecule has 0 spiro atoms. The van der Waals surface area contributed by atoms with Crippen LogP contribution in [0.15, 0.2) is 48.5 Å². The Bertz CT molecular complexity index is 727. The van der Waals surface area contributed by atoms with E-state index in [-0.39, 0.29) is 16.9 Å². The predicted molar refractivity (Wildman–Crippen MR) is 147 cm³/mol.